The number of oxime groups is 1. The fourth-order valence-electron chi connectivity index (χ4n) is 2.59. The maximum atomic E-state index is 14.2. The number of nitrogens with two attached hydrogens (primary N) is 1. The van der Waals surface area contributed by atoms with Crippen LogP contribution in [0.25, 0.3) is 0 Å². The highest BCUT2D eigenvalue weighted by atomic mass is 19.1. The first-order valence-electron chi connectivity index (χ1n) is 8.77. The van der Waals surface area contributed by atoms with Crippen molar-refractivity contribution in [1.29, 1.82) is 0 Å². The molecule has 0 radical (unpaired) electrons. The zero-order chi connectivity index (χ0) is 19.6. The highest BCUT2D eigenvalue weighted by Gasteiger charge is 2.26. The lowest BCUT2D eigenvalue weighted by atomic mass is 10.1. The second kappa shape index (κ2) is 7.69. The van der Waals surface area contributed by atoms with E-state index in [9.17, 15) is 9.18 Å². The normalized spacial score (nSPS) is 15.3. The smallest absolute Gasteiger partial charge is 0.365 e. The molecule has 8 heteroatoms. The second-order valence-corrected chi connectivity index (χ2v) is 6.68. The molecule has 0 amide bonds. The predicted molar refractivity (Wildman–Crippen MR) is 99.7 cm³/mol. The molecule has 1 aromatic carbocycles. The topological polar surface area (TPSA) is 102 Å². The molecule has 1 atom stereocenters. The lowest BCUT2D eigenvalue weighted by Gasteiger charge is -2.16. The largest absolute Gasteiger partial charge is 0.384 e. The third kappa shape index (κ3) is 4.58. The third-order valence-electron chi connectivity index (χ3n) is 4.36. The van der Waals surface area contributed by atoms with Gasteiger partial charge in [0, 0.05) is 5.92 Å². The van der Waals surface area contributed by atoms with Crippen LogP contribution in [0.4, 0.5) is 10.2 Å². The van der Waals surface area contributed by atoms with Gasteiger partial charge in [-0.25, -0.2) is 19.2 Å². The van der Waals surface area contributed by atoms with E-state index in [-0.39, 0.29) is 17.8 Å². The number of carbonyl (C=O) groups is 1. The number of anilines is 1. The van der Waals surface area contributed by atoms with Crippen molar-refractivity contribution in [2.45, 2.75) is 39.7 Å². The third-order valence-corrected chi connectivity index (χ3v) is 4.36. The van der Waals surface area contributed by atoms with Crippen LogP contribution in [0.15, 0.2) is 29.4 Å². The van der Waals surface area contributed by atoms with Crippen molar-refractivity contribution in [1.82, 2.24) is 9.97 Å². The van der Waals surface area contributed by atoms with Crippen molar-refractivity contribution >= 4 is 17.6 Å². The SMILES string of the molecule is Cc1nc(C)c(F)c(N[C@@H](C)c2ccc(C(=O)O/N=C(\N)C3CC3)cc2)n1. The van der Waals surface area contributed by atoms with Crippen LogP contribution in [0.2, 0.25) is 0 Å². The molecule has 3 rings (SSSR count). The Hall–Kier alpha value is -3.03. The number of rotatable bonds is 6. The van der Waals surface area contributed by atoms with E-state index in [1.165, 1.54) is 0 Å². The predicted octanol–water partition coefficient (Wildman–Crippen LogP) is 3.24. The molecule has 1 fully saturated rings. The Labute approximate surface area is 156 Å². The molecule has 2 aromatic rings. The van der Waals surface area contributed by atoms with E-state index in [1.807, 2.05) is 6.92 Å². The summed E-state index contributed by atoms with van der Waals surface area (Å²) in [6.07, 6.45) is 1.97. The van der Waals surface area contributed by atoms with Gasteiger partial charge in [0.25, 0.3) is 0 Å². The number of halogens is 1. The van der Waals surface area contributed by atoms with E-state index < -0.39 is 11.8 Å². The van der Waals surface area contributed by atoms with Gasteiger partial charge in [0.2, 0.25) is 0 Å². The molecule has 1 saturated carbocycles. The van der Waals surface area contributed by atoms with Gasteiger partial charge in [-0.3, -0.25) is 0 Å². The van der Waals surface area contributed by atoms with Crippen molar-refractivity contribution in [2.24, 2.45) is 16.8 Å². The minimum absolute atomic E-state index is 0.154. The van der Waals surface area contributed by atoms with Crippen LogP contribution in [0.1, 0.15) is 53.2 Å². The summed E-state index contributed by atoms with van der Waals surface area (Å²) in [6, 6.07) is 6.57. The van der Waals surface area contributed by atoms with Crippen molar-refractivity contribution in [3.05, 3.63) is 52.7 Å². The molecule has 1 aliphatic carbocycles. The van der Waals surface area contributed by atoms with Crippen molar-refractivity contribution < 1.29 is 14.0 Å². The summed E-state index contributed by atoms with van der Waals surface area (Å²) in [7, 11) is 0. The average molecular weight is 371 g/mol. The highest BCUT2D eigenvalue weighted by molar-refractivity contribution is 5.91. The molecule has 3 N–H and O–H groups in total. The van der Waals surface area contributed by atoms with Crippen molar-refractivity contribution in [3.63, 3.8) is 0 Å². The summed E-state index contributed by atoms with van der Waals surface area (Å²) in [5.74, 6) is 0.197. The Morgan fingerprint density at radius 1 is 1.30 bits per heavy atom. The van der Waals surface area contributed by atoms with Crippen LogP contribution in [-0.4, -0.2) is 21.8 Å². The van der Waals surface area contributed by atoms with E-state index in [0.29, 0.717) is 22.9 Å². The van der Waals surface area contributed by atoms with Crippen LogP contribution in [0, 0.1) is 25.6 Å². The number of aromatic nitrogens is 2. The standard InChI is InChI=1S/C19H22FN5O2/c1-10(23-18-16(20)11(2)22-12(3)24-18)13-4-8-15(9-5-13)19(26)27-25-17(21)14-6-7-14/h4-5,8-10,14H,6-7H2,1-3H3,(H2,21,25)(H,22,23,24)/t10-/m0/s1. The summed E-state index contributed by atoms with van der Waals surface area (Å²) < 4.78 is 14.2. The van der Waals surface area contributed by atoms with E-state index >= 15 is 0 Å². The van der Waals surface area contributed by atoms with Crippen LogP contribution >= 0.6 is 0 Å². The molecule has 1 aromatic heterocycles. The molecular weight excluding hydrogens is 349 g/mol. The van der Waals surface area contributed by atoms with E-state index in [0.717, 1.165) is 18.4 Å². The van der Waals surface area contributed by atoms with Gasteiger partial charge >= 0.3 is 5.97 Å². The number of nitrogens with zero attached hydrogens (tertiary/aromatic N) is 3. The Balaban J connectivity index is 1.66. The number of amidine groups is 1. The van der Waals surface area contributed by atoms with Crippen LogP contribution in [-0.2, 0) is 4.84 Å². The Morgan fingerprint density at radius 3 is 2.59 bits per heavy atom. The van der Waals surface area contributed by atoms with Gasteiger partial charge in [-0.2, -0.15) is 0 Å². The van der Waals surface area contributed by atoms with Crippen LogP contribution in [0.5, 0.6) is 0 Å². The quantitative estimate of drug-likeness (QED) is 0.350. The summed E-state index contributed by atoms with van der Waals surface area (Å²) in [4.78, 5) is 25.0. The summed E-state index contributed by atoms with van der Waals surface area (Å²) >= 11 is 0. The van der Waals surface area contributed by atoms with E-state index in [1.54, 1.807) is 38.1 Å². The molecule has 27 heavy (non-hydrogen) atoms. The Bertz CT molecular complexity index is 878. The van der Waals surface area contributed by atoms with E-state index in [4.69, 9.17) is 10.6 Å². The zero-order valence-corrected chi connectivity index (χ0v) is 15.5. The van der Waals surface area contributed by atoms with Crippen molar-refractivity contribution in [2.75, 3.05) is 5.32 Å². The van der Waals surface area contributed by atoms with Gasteiger partial charge in [0.15, 0.2) is 11.6 Å². The lowest BCUT2D eigenvalue weighted by molar-refractivity contribution is 0.0514. The van der Waals surface area contributed by atoms with Gasteiger partial charge in [-0.05, 0) is 51.3 Å². The minimum atomic E-state index is -0.571. The summed E-state index contributed by atoms with van der Waals surface area (Å²) in [5, 5.41) is 6.71. The zero-order valence-electron chi connectivity index (χ0n) is 15.5. The summed E-state index contributed by atoms with van der Waals surface area (Å²) in [5.41, 5.74) is 7.21. The molecule has 0 spiro atoms. The fourth-order valence-corrected chi connectivity index (χ4v) is 2.59. The van der Waals surface area contributed by atoms with Crippen LogP contribution < -0.4 is 11.1 Å². The molecule has 0 saturated heterocycles. The number of nitrogens with one attached hydrogen (secondary N) is 1. The van der Waals surface area contributed by atoms with Gasteiger partial charge < -0.3 is 15.9 Å². The van der Waals surface area contributed by atoms with Gasteiger partial charge in [-0.15, -0.1) is 0 Å². The number of carbonyl (C=O) groups excluding carboxylic acids is 1. The molecule has 7 nitrogen and oxygen atoms in total. The first kappa shape index (κ1) is 18.8. The second-order valence-electron chi connectivity index (χ2n) is 6.68. The van der Waals surface area contributed by atoms with Gasteiger partial charge in [0.1, 0.15) is 11.7 Å². The van der Waals surface area contributed by atoms with Gasteiger partial charge in [-0.1, -0.05) is 17.3 Å². The molecule has 142 valence electrons. The molecular formula is C19H22FN5O2. The maximum absolute atomic E-state index is 14.2. The fraction of sp³-hybridized carbons (Fsp3) is 0.368. The van der Waals surface area contributed by atoms with Crippen molar-refractivity contribution in [3.8, 4) is 0 Å². The first-order valence-corrected chi connectivity index (χ1v) is 8.77. The average Bonchev–Trinajstić information content (AvgIpc) is 3.48. The van der Waals surface area contributed by atoms with E-state index in [2.05, 4.69) is 20.4 Å². The minimum Gasteiger partial charge on any atom is -0.384 e. The Morgan fingerprint density at radius 2 is 1.96 bits per heavy atom. The van der Waals surface area contributed by atoms with Crippen LogP contribution in [0.3, 0.4) is 0 Å². The molecule has 1 heterocycles. The lowest BCUT2D eigenvalue weighted by Crippen LogP contribution is -2.16. The van der Waals surface area contributed by atoms with Gasteiger partial charge in [0.05, 0.1) is 17.3 Å². The monoisotopic (exact) mass is 371 g/mol. The number of hydrogen-bond donors (Lipinski definition) is 2. The number of hydrogen-bond acceptors (Lipinski definition) is 6. The molecule has 0 aliphatic heterocycles. The highest BCUT2D eigenvalue weighted by Crippen LogP contribution is 2.28. The number of benzene rings is 1. The molecule has 1 aliphatic rings. The number of aryl methyl sites for hydroxylation is 2. The molecule has 0 bridgehead atoms. The maximum Gasteiger partial charge on any atom is 0.365 e. The molecule has 0 unspecified atom stereocenters. The summed E-state index contributed by atoms with van der Waals surface area (Å²) in [6.45, 7) is 5.18. The Kier molecular flexibility index (Phi) is 5.34. The first-order chi connectivity index (χ1) is 12.8.